The van der Waals surface area contributed by atoms with Gasteiger partial charge in [0, 0.05) is 29.4 Å². The van der Waals surface area contributed by atoms with Crippen LogP contribution < -0.4 is 9.21 Å². The van der Waals surface area contributed by atoms with E-state index in [9.17, 15) is 26.4 Å². The van der Waals surface area contributed by atoms with Crippen LogP contribution in [0.25, 0.3) is 21.9 Å². The van der Waals surface area contributed by atoms with E-state index in [0.29, 0.717) is 45.8 Å². The van der Waals surface area contributed by atoms with E-state index in [1.54, 1.807) is 50.5 Å². The monoisotopic (exact) mass is 596 g/mol. The third-order valence-corrected chi connectivity index (χ3v) is 7.59. The fourth-order valence-corrected chi connectivity index (χ4v) is 5.24. The number of carbonyl (C=O) groups is 1. The van der Waals surface area contributed by atoms with Crippen molar-refractivity contribution in [1.82, 2.24) is 14.7 Å². The molecule has 0 radical (unpaired) electrons. The molecule has 0 saturated heterocycles. The van der Waals surface area contributed by atoms with E-state index in [1.807, 2.05) is 4.90 Å². The summed E-state index contributed by atoms with van der Waals surface area (Å²) in [4.78, 5) is 17.5. The summed E-state index contributed by atoms with van der Waals surface area (Å²) in [6, 6.07) is 15.3. The summed E-state index contributed by atoms with van der Waals surface area (Å²) in [5.41, 5.74) is 1.40. The molecule has 0 fully saturated rings. The normalized spacial score (nSPS) is 12.1. The van der Waals surface area contributed by atoms with Crippen molar-refractivity contribution in [3.8, 4) is 16.9 Å². The van der Waals surface area contributed by atoms with E-state index < -0.39 is 32.9 Å². The SMILES string of the molecule is COc1cc(Cl)ccc1-c1cccc2cc(S(=O)(=O)N(OC(=O)C(F)(F)F)c3ccn(CCN(C)C)n3)ccc12. The molecular weight excluding hydrogens is 573 g/mol. The van der Waals surface area contributed by atoms with Crippen molar-refractivity contribution in [2.45, 2.75) is 17.6 Å². The zero-order valence-electron chi connectivity index (χ0n) is 21.5. The lowest BCUT2D eigenvalue weighted by atomic mass is 9.97. The lowest BCUT2D eigenvalue weighted by Gasteiger charge is -2.21. The number of carbonyl (C=O) groups excluding carboxylic acids is 1. The molecule has 1 heterocycles. The van der Waals surface area contributed by atoms with Gasteiger partial charge in [0.25, 0.3) is 10.0 Å². The van der Waals surface area contributed by atoms with Crippen LogP contribution in [0, 0.1) is 0 Å². The Balaban J connectivity index is 1.78. The summed E-state index contributed by atoms with van der Waals surface area (Å²) in [7, 11) is 0.249. The predicted molar refractivity (Wildman–Crippen MR) is 144 cm³/mol. The fourth-order valence-electron chi connectivity index (χ4n) is 3.86. The van der Waals surface area contributed by atoms with E-state index in [4.69, 9.17) is 16.3 Å². The first-order valence-corrected chi connectivity index (χ1v) is 13.5. The van der Waals surface area contributed by atoms with Gasteiger partial charge in [-0.1, -0.05) is 40.3 Å². The maximum absolute atomic E-state index is 13.6. The Bertz CT molecular complexity index is 1660. The molecule has 0 aliphatic rings. The molecule has 0 bridgehead atoms. The minimum atomic E-state index is -5.45. The third kappa shape index (κ3) is 6.16. The van der Waals surface area contributed by atoms with Crippen molar-refractivity contribution >= 4 is 44.2 Å². The second-order valence-electron chi connectivity index (χ2n) is 8.88. The Morgan fingerprint density at radius 2 is 1.80 bits per heavy atom. The smallest absolute Gasteiger partial charge is 0.493 e. The number of aromatic nitrogens is 2. The summed E-state index contributed by atoms with van der Waals surface area (Å²) in [5, 5.41) is 5.57. The molecule has 4 rings (SSSR count). The fraction of sp³-hybridized carbons (Fsp3) is 0.231. The third-order valence-electron chi connectivity index (χ3n) is 5.81. The van der Waals surface area contributed by atoms with Crippen LogP contribution in [0.1, 0.15) is 0 Å². The van der Waals surface area contributed by atoms with Gasteiger partial charge in [0.15, 0.2) is 0 Å². The highest BCUT2D eigenvalue weighted by Gasteiger charge is 2.45. The summed E-state index contributed by atoms with van der Waals surface area (Å²) in [5.74, 6) is -2.74. The van der Waals surface area contributed by atoms with Gasteiger partial charge in [0.05, 0.1) is 18.6 Å². The van der Waals surface area contributed by atoms with Crippen molar-refractivity contribution < 1.29 is 36.0 Å². The number of sulfonamides is 1. The number of likely N-dealkylation sites (N-methyl/N-ethyl adjacent to an activating group) is 1. The van der Waals surface area contributed by atoms with Gasteiger partial charge in [-0.3, -0.25) is 4.68 Å². The zero-order chi connectivity index (χ0) is 29.2. The van der Waals surface area contributed by atoms with Gasteiger partial charge in [0.1, 0.15) is 5.75 Å². The quantitative estimate of drug-likeness (QED) is 0.247. The summed E-state index contributed by atoms with van der Waals surface area (Å²) < 4.78 is 73.1. The number of ether oxygens (including phenoxy) is 1. The molecule has 0 aliphatic carbocycles. The van der Waals surface area contributed by atoms with E-state index in [0.717, 1.165) is 6.07 Å². The number of nitrogens with zero attached hydrogens (tertiary/aromatic N) is 4. The number of fused-ring (bicyclic) bond motifs is 1. The van der Waals surface area contributed by atoms with Gasteiger partial charge in [0.2, 0.25) is 5.82 Å². The second kappa shape index (κ2) is 11.4. The maximum Gasteiger partial charge on any atom is 0.493 e. The number of methoxy groups -OCH3 is 1. The molecule has 4 aromatic rings. The number of hydrogen-bond donors (Lipinski definition) is 0. The molecule has 212 valence electrons. The molecule has 0 aliphatic heterocycles. The van der Waals surface area contributed by atoms with Crippen molar-refractivity contribution in [2.75, 3.05) is 32.2 Å². The number of rotatable bonds is 9. The highest BCUT2D eigenvalue weighted by atomic mass is 35.5. The standard InChI is InChI=1S/C26H24ClF3N4O5S/c1-32(2)13-14-33-12-11-24(31-33)34(39-25(35)26(28,29)30)40(36,37)19-8-10-20-17(15-19)5-4-6-21(20)22-9-7-18(27)16-23(22)38-3/h4-12,15-16H,13-14H2,1-3H3. The van der Waals surface area contributed by atoms with Crippen LogP contribution in [0.2, 0.25) is 5.02 Å². The minimum absolute atomic E-state index is 0.109. The summed E-state index contributed by atoms with van der Waals surface area (Å²) in [6.45, 7) is 0.822. The molecule has 1 aromatic heterocycles. The number of halogens is 4. The minimum Gasteiger partial charge on any atom is -0.496 e. The van der Waals surface area contributed by atoms with Crippen molar-refractivity contribution in [2.24, 2.45) is 0 Å². The number of anilines is 1. The summed E-state index contributed by atoms with van der Waals surface area (Å²) in [6.07, 6.45) is -4.08. The number of benzene rings is 3. The van der Waals surface area contributed by atoms with Gasteiger partial charge in [-0.2, -0.15) is 26.7 Å². The van der Waals surface area contributed by atoms with Crippen LogP contribution in [0.3, 0.4) is 0 Å². The van der Waals surface area contributed by atoms with Crippen LogP contribution in [-0.2, 0) is 26.2 Å². The molecule has 0 saturated carbocycles. The van der Waals surface area contributed by atoms with Gasteiger partial charge < -0.3 is 14.5 Å². The second-order valence-corrected chi connectivity index (χ2v) is 11.1. The van der Waals surface area contributed by atoms with Crippen LogP contribution >= 0.6 is 11.6 Å². The van der Waals surface area contributed by atoms with Gasteiger partial charge in [-0.05, 0) is 60.8 Å². The van der Waals surface area contributed by atoms with Crippen molar-refractivity contribution in [3.05, 3.63) is 71.9 Å². The average Bonchev–Trinajstić information content (AvgIpc) is 3.37. The van der Waals surface area contributed by atoms with Crippen LogP contribution in [-0.4, -0.2) is 63.0 Å². The lowest BCUT2D eigenvalue weighted by Crippen LogP contribution is -2.39. The Morgan fingerprint density at radius 1 is 1.05 bits per heavy atom. The van der Waals surface area contributed by atoms with Crippen LogP contribution in [0.5, 0.6) is 5.75 Å². The highest BCUT2D eigenvalue weighted by Crippen LogP contribution is 2.37. The lowest BCUT2D eigenvalue weighted by molar-refractivity contribution is -0.199. The van der Waals surface area contributed by atoms with E-state index >= 15 is 0 Å². The number of hydrogen-bond acceptors (Lipinski definition) is 7. The molecular formula is C26H24ClF3N4O5S. The van der Waals surface area contributed by atoms with Crippen molar-refractivity contribution in [1.29, 1.82) is 0 Å². The Kier molecular flexibility index (Phi) is 8.28. The topological polar surface area (TPSA) is 94.0 Å². The number of alkyl halides is 3. The van der Waals surface area contributed by atoms with E-state index in [1.165, 1.54) is 36.2 Å². The van der Waals surface area contributed by atoms with Gasteiger partial charge in [-0.25, -0.2) is 4.79 Å². The van der Waals surface area contributed by atoms with Crippen LogP contribution in [0.4, 0.5) is 19.0 Å². The summed E-state index contributed by atoms with van der Waals surface area (Å²) >= 11 is 6.08. The first kappa shape index (κ1) is 29.2. The van der Waals surface area contributed by atoms with Gasteiger partial charge >= 0.3 is 12.1 Å². The Labute approximate surface area is 233 Å². The predicted octanol–water partition coefficient (Wildman–Crippen LogP) is 5.14. The Hall–Kier alpha value is -3.81. The van der Waals surface area contributed by atoms with Crippen LogP contribution in [0.15, 0.2) is 71.8 Å². The molecule has 40 heavy (non-hydrogen) atoms. The molecule has 3 aromatic carbocycles. The molecule has 0 amide bonds. The largest absolute Gasteiger partial charge is 0.496 e. The average molecular weight is 597 g/mol. The molecule has 14 heteroatoms. The molecule has 0 unspecified atom stereocenters. The molecule has 0 N–H and O–H groups in total. The first-order valence-electron chi connectivity index (χ1n) is 11.7. The van der Waals surface area contributed by atoms with Crippen molar-refractivity contribution in [3.63, 3.8) is 0 Å². The molecule has 9 nitrogen and oxygen atoms in total. The van der Waals surface area contributed by atoms with Gasteiger partial charge in [-0.15, -0.1) is 0 Å². The Morgan fingerprint density at radius 3 is 2.48 bits per heavy atom. The molecule has 0 atom stereocenters. The first-order chi connectivity index (χ1) is 18.8. The maximum atomic E-state index is 13.6. The van der Waals surface area contributed by atoms with E-state index in [2.05, 4.69) is 9.94 Å². The van der Waals surface area contributed by atoms with E-state index in [-0.39, 0.29) is 4.47 Å². The highest BCUT2D eigenvalue weighted by molar-refractivity contribution is 7.92. The zero-order valence-corrected chi connectivity index (χ0v) is 23.1. The molecule has 0 spiro atoms.